The monoisotopic (exact) mass is 337 g/mol. The highest BCUT2D eigenvalue weighted by Crippen LogP contribution is 2.38. The van der Waals surface area contributed by atoms with E-state index in [1.165, 1.54) is 5.56 Å². The maximum Gasteiger partial charge on any atom is 0.231 e. The Balaban J connectivity index is 1.35. The molecule has 6 heteroatoms. The number of hydrogen-bond acceptors (Lipinski definition) is 5. The fourth-order valence-electron chi connectivity index (χ4n) is 4.23. The van der Waals surface area contributed by atoms with E-state index in [1.807, 2.05) is 29.2 Å². The number of hydrogen-bond donors (Lipinski definition) is 0. The summed E-state index contributed by atoms with van der Waals surface area (Å²) in [5.41, 5.74) is 2.10. The molecule has 1 amide bonds. The maximum atomic E-state index is 12.6. The number of aromatic nitrogens is 1. The van der Waals surface area contributed by atoms with Crippen molar-refractivity contribution in [3.8, 4) is 11.5 Å². The van der Waals surface area contributed by atoms with Crippen LogP contribution in [-0.4, -0.2) is 41.2 Å². The summed E-state index contributed by atoms with van der Waals surface area (Å²) in [5, 5.41) is 0. The van der Waals surface area contributed by atoms with Crippen LogP contribution in [-0.2, 0) is 11.3 Å². The Hall–Kier alpha value is -2.60. The third-order valence-corrected chi connectivity index (χ3v) is 5.36. The van der Waals surface area contributed by atoms with Crippen LogP contribution in [0.1, 0.15) is 18.4 Å². The number of amides is 1. The summed E-state index contributed by atoms with van der Waals surface area (Å²) >= 11 is 0. The van der Waals surface area contributed by atoms with E-state index < -0.39 is 0 Å². The standard InChI is InChI=1S/C19H19N3O3/c23-19-9-16-15(22(19)14-2-1-6-20-10-14)5-7-21(16)11-13-3-4-17-18(8-13)25-12-24-17/h1-4,6,8,10,15-16H,5,7,9,11-12H2/t15-,16+/m0/s1. The summed E-state index contributed by atoms with van der Waals surface area (Å²) in [5.74, 6) is 1.81. The van der Waals surface area contributed by atoms with E-state index in [0.29, 0.717) is 13.2 Å². The number of nitrogens with zero attached hydrogens (tertiary/aromatic N) is 3. The largest absolute Gasteiger partial charge is 0.454 e. The van der Waals surface area contributed by atoms with Gasteiger partial charge in [0.15, 0.2) is 11.5 Å². The third kappa shape index (κ3) is 2.44. The highest BCUT2D eigenvalue weighted by molar-refractivity contribution is 5.97. The minimum atomic E-state index is 0.193. The molecule has 0 bridgehead atoms. The molecule has 6 nitrogen and oxygen atoms in total. The van der Waals surface area contributed by atoms with Crippen LogP contribution in [0.5, 0.6) is 11.5 Å². The number of fused-ring (bicyclic) bond motifs is 2. The summed E-state index contributed by atoms with van der Waals surface area (Å²) in [4.78, 5) is 21.1. The molecule has 4 heterocycles. The number of anilines is 1. The first kappa shape index (κ1) is 14.7. The number of pyridine rings is 1. The Labute approximate surface area is 146 Å². The van der Waals surface area contributed by atoms with Crippen LogP contribution in [0.2, 0.25) is 0 Å². The third-order valence-electron chi connectivity index (χ3n) is 5.36. The zero-order chi connectivity index (χ0) is 16.8. The van der Waals surface area contributed by atoms with Crippen molar-refractivity contribution >= 4 is 11.6 Å². The van der Waals surface area contributed by atoms with Crippen LogP contribution in [0.3, 0.4) is 0 Å². The van der Waals surface area contributed by atoms with E-state index in [0.717, 1.165) is 36.7 Å². The lowest BCUT2D eigenvalue weighted by molar-refractivity contribution is -0.117. The molecule has 1 aromatic heterocycles. The Morgan fingerprint density at radius 1 is 1.16 bits per heavy atom. The van der Waals surface area contributed by atoms with Gasteiger partial charge in [-0.3, -0.25) is 14.7 Å². The molecule has 0 aliphatic carbocycles. The molecular weight excluding hydrogens is 318 g/mol. The van der Waals surface area contributed by atoms with Crippen molar-refractivity contribution in [2.75, 3.05) is 18.2 Å². The number of ether oxygens (including phenoxy) is 2. The van der Waals surface area contributed by atoms with Gasteiger partial charge in [-0.15, -0.1) is 0 Å². The zero-order valence-electron chi connectivity index (χ0n) is 13.8. The molecule has 3 aliphatic heterocycles. The van der Waals surface area contributed by atoms with Crippen LogP contribution < -0.4 is 14.4 Å². The van der Waals surface area contributed by atoms with Crippen LogP contribution in [0.15, 0.2) is 42.7 Å². The van der Waals surface area contributed by atoms with E-state index in [4.69, 9.17) is 9.47 Å². The fourth-order valence-corrected chi connectivity index (χ4v) is 4.23. The Morgan fingerprint density at radius 2 is 2.08 bits per heavy atom. The molecule has 0 N–H and O–H groups in total. The SMILES string of the molecule is O=C1C[C@@H]2[C@H](CCN2Cc2ccc3c(c2)OCO3)N1c1cccnc1. The molecule has 0 unspecified atom stereocenters. The Kier molecular flexibility index (Phi) is 3.38. The molecule has 25 heavy (non-hydrogen) atoms. The molecule has 2 atom stereocenters. The van der Waals surface area contributed by atoms with Gasteiger partial charge in [-0.1, -0.05) is 6.07 Å². The number of carbonyl (C=O) groups is 1. The molecule has 0 radical (unpaired) electrons. The van der Waals surface area contributed by atoms with E-state index in [9.17, 15) is 4.79 Å². The van der Waals surface area contributed by atoms with E-state index >= 15 is 0 Å². The first-order valence-corrected chi connectivity index (χ1v) is 8.64. The van der Waals surface area contributed by atoms with Crippen molar-refractivity contribution in [3.63, 3.8) is 0 Å². The van der Waals surface area contributed by atoms with E-state index in [2.05, 4.69) is 16.0 Å². The van der Waals surface area contributed by atoms with E-state index in [1.54, 1.807) is 12.4 Å². The van der Waals surface area contributed by atoms with Gasteiger partial charge in [0.2, 0.25) is 12.7 Å². The molecular formula is C19H19N3O3. The van der Waals surface area contributed by atoms with Crippen molar-refractivity contribution in [1.29, 1.82) is 0 Å². The molecule has 1 aromatic carbocycles. The van der Waals surface area contributed by atoms with Gasteiger partial charge in [0, 0.05) is 31.7 Å². The first-order valence-electron chi connectivity index (χ1n) is 8.64. The Morgan fingerprint density at radius 3 is 2.96 bits per heavy atom. The predicted octanol–water partition coefficient (Wildman–Crippen LogP) is 2.19. The second-order valence-corrected chi connectivity index (χ2v) is 6.76. The van der Waals surface area contributed by atoms with Gasteiger partial charge in [-0.2, -0.15) is 0 Å². The van der Waals surface area contributed by atoms with Gasteiger partial charge in [-0.05, 0) is 36.2 Å². The lowest BCUT2D eigenvalue weighted by atomic mass is 10.1. The molecule has 0 spiro atoms. The lowest BCUT2D eigenvalue weighted by Gasteiger charge is -2.25. The average Bonchev–Trinajstić information content (AvgIpc) is 3.31. The summed E-state index contributed by atoms with van der Waals surface area (Å²) < 4.78 is 10.8. The van der Waals surface area contributed by atoms with Crippen molar-refractivity contribution < 1.29 is 14.3 Å². The predicted molar refractivity (Wildman–Crippen MR) is 91.5 cm³/mol. The van der Waals surface area contributed by atoms with Crippen LogP contribution in [0.4, 0.5) is 5.69 Å². The van der Waals surface area contributed by atoms with Crippen molar-refractivity contribution in [1.82, 2.24) is 9.88 Å². The normalized spacial score (nSPS) is 24.8. The molecule has 128 valence electrons. The molecule has 2 aromatic rings. The summed E-state index contributed by atoms with van der Waals surface area (Å²) in [7, 11) is 0. The highest BCUT2D eigenvalue weighted by atomic mass is 16.7. The van der Waals surface area contributed by atoms with E-state index in [-0.39, 0.29) is 18.0 Å². The molecule has 2 saturated heterocycles. The van der Waals surface area contributed by atoms with Crippen molar-refractivity contribution in [3.05, 3.63) is 48.3 Å². The Bertz CT molecular complexity index is 811. The fraction of sp³-hybridized carbons (Fsp3) is 0.368. The van der Waals surface area contributed by atoms with Gasteiger partial charge in [-0.25, -0.2) is 0 Å². The van der Waals surface area contributed by atoms with Crippen LogP contribution in [0, 0.1) is 0 Å². The topological polar surface area (TPSA) is 54.9 Å². The average molecular weight is 337 g/mol. The highest BCUT2D eigenvalue weighted by Gasteiger charge is 2.47. The summed E-state index contributed by atoms with van der Waals surface area (Å²) in [6.45, 7) is 2.11. The smallest absolute Gasteiger partial charge is 0.231 e. The van der Waals surface area contributed by atoms with Gasteiger partial charge in [0.05, 0.1) is 17.9 Å². The first-order chi connectivity index (χ1) is 12.3. The maximum absolute atomic E-state index is 12.6. The minimum Gasteiger partial charge on any atom is -0.454 e. The molecule has 5 rings (SSSR count). The lowest BCUT2D eigenvalue weighted by Crippen LogP contribution is -2.37. The van der Waals surface area contributed by atoms with Crippen LogP contribution >= 0.6 is 0 Å². The van der Waals surface area contributed by atoms with Crippen molar-refractivity contribution in [2.24, 2.45) is 0 Å². The van der Waals surface area contributed by atoms with Gasteiger partial charge < -0.3 is 14.4 Å². The summed E-state index contributed by atoms with van der Waals surface area (Å²) in [6.07, 6.45) is 5.09. The number of carbonyl (C=O) groups excluding carboxylic acids is 1. The van der Waals surface area contributed by atoms with Crippen LogP contribution in [0.25, 0.3) is 0 Å². The molecule has 2 fully saturated rings. The zero-order valence-corrected chi connectivity index (χ0v) is 13.8. The quantitative estimate of drug-likeness (QED) is 0.859. The molecule has 0 saturated carbocycles. The van der Waals surface area contributed by atoms with Gasteiger partial charge in [0.1, 0.15) is 0 Å². The number of benzene rings is 1. The van der Waals surface area contributed by atoms with Crippen molar-refractivity contribution in [2.45, 2.75) is 31.5 Å². The number of rotatable bonds is 3. The second kappa shape index (κ2) is 5.74. The minimum absolute atomic E-state index is 0.193. The second-order valence-electron chi connectivity index (χ2n) is 6.76. The number of likely N-dealkylation sites (tertiary alicyclic amines) is 1. The van der Waals surface area contributed by atoms with Gasteiger partial charge >= 0.3 is 0 Å². The summed E-state index contributed by atoms with van der Waals surface area (Å²) in [6, 6.07) is 10.4. The van der Waals surface area contributed by atoms with Gasteiger partial charge in [0.25, 0.3) is 0 Å². The molecule has 3 aliphatic rings.